The number of hydrogen-bond donors (Lipinski definition) is 2. The van der Waals surface area contributed by atoms with Crippen molar-refractivity contribution in [3.63, 3.8) is 0 Å². The number of rotatable bonds is 5. The third-order valence-electron chi connectivity index (χ3n) is 2.36. The number of nitrogens with one attached hydrogen (secondary N) is 2. The maximum Gasteiger partial charge on any atom is 0.319 e. The van der Waals surface area contributed by atoms with Crippen LogP contribution in [-0.4, -0.2) is 12.6 Å². The summed E-state index contributed by atoms with van der Waals surface area (Å²) in [6.07, 6.45) is 3.21. The Morgan fingerprint density at radius 1 is 1.35 bits per heavy atom. The van der Waals surface area contributed by atoms with Gasteiger partial charge in [0.15, 0.2) is 0 Å². The average Bonchev–Trinajstić information content (AvgIpc) is 2.35. The predicted molar refractivity (Wildman–Crippen MR) is 67.7 cm³/mol. The van der Waals surface area contributed by atoms with Crippen molar-refractivity contribution < 1.29 is 4.79 Å². The van der Waals surface area contributed by atoms with E-state index in [1.54, 1.807) is 24.3 Å². The summed E-state index contributed by atoms with van der Waals surface area (Å²) in [5, 5.41) is 14.3. The van der Waals surface area contributed by atoms with Crippen molar-refractivity contribution in [1.29, 1.82) is 5.26 Å². The normalized spacial score (nSPS) is 9.41. The van der Waals surface area contributed by atoms with Crippen molar-refractivity contribution in [2.24, 2.45) is 0 Å². The highest BCUT2D eigenvalue weighted by atomic mass is 16.2. The zero-order chi connectivity index (χ0) is 12.5. The Labute approximate surface area is 102 Å². The number of unbranched alkanes of at least 4 members (excludes halogenated alkanes) is 2. The van der Waals surface area contributed by atoms with Gasteiger partial charge in [-0.1, -0.05) is 31.9 Å². The summed E-state index contributed by atoms with van der Waals surface area (Å²) in [4.78, 5) is 11.5. The summed E-state index contributed by atoms with van der Waals surface area (Å²) in [5.41, 5.74) is 1.01. The predicted octanol–water partition coefficient (Wildman–Crippen LogP) is 2.87. The molecule has 1 rings (SSSR count). The van der Waals surface area contributed by atoms with Crippen LogP contribution in [0.25, 0.3) is 0 Å². The van der Waals surface area contributed by atoms with E-state index in [0.29, 0.717) is 17.8 Å². The first-order chi connectivity index (χ1) is 8.27. The van der Waals surface area contributed by atoms with Crippen molar-refractivity contribution in [3.8, 4) is 6.07 Å². The van der Waals surface area contributed by atoms with Gasteiger partial charge in [-0.05, 0) is 18.6 Å². The Morgan fingerprint density at radius 2 is 2.12 bits per heavy atom. The van der Waals surface area contributed by atoms with Crippen LogP contribution in [-0.2, 0) is 0 Å². The second-order valence-corrected chi connectivity index (χ2v) is 3.75. The molecule has 1 aromatic rings. The monoisotopic (exact) mass is 231 g/mol. The van der Waals surface area contributed by atoms with Gasteiger partial charge in [-0.25, -0.2) is 4.79 Å². The van der Waals surface area contributed by atoms with Crippen LogP contribution >= 0.6 is 0 Å². The standard InChI is InChI=1S/C13H17N3O/c1-2-3-6-9-15-13(17)16-12-8-5-4-7-11(12)10-14/h4-5,7-8H,2-3,6,9H2,1H3,(H2,15,16,17). The number of nitrogens with zero attached hydrogens (tertiary/aromatic N) is 1. The van der Waals surface area contributed by atoms with Gasteiger partial charge in [0.05, 0.1) is 11.3 Å². The number of amides is 2. The van der Waals surface area contributed by atoms with Crippen molar-refractivity contribution in [2.45, 2.75) is 26.2 Å². The molecule has 0 aliphatic carbocycles. The van der Waals surface area contributed by atoms with Crippen molar-refractivity contribution >= 4 is 11.7 Å². The fraction of sp³-hybridized carbons (Fsp3) is 0.385. The molecular formula is C13H17N3O. The highest BCUT2D eigenvalue weighted by molar-refractivity contribution is 5.90. The van der Waals surface area contributed by atoms with E-state index >= 15 is 0 Å². The maximum absolute atomic E-state index is 11.5. The van der Waals surface area contributed by atoms with E-state index in [4.69, 9.17) is 5.26 Å². The quantitative estimate of drug-likeness (QED) is 0.765. The Kier molecular flexibility index (Phi) is 5.59. The van der Waals surface area contributed by atoms with Gasteiger partial charge in [0.25, 0.3) is 0 Å². The van der Waals surface area contributed by atoms with E-state index in [9.17, 15) is 4.79 Å². The van der Waals surface area contributed by atoms with Crippen LogP contribution in [0.3, 0.4) is 0 Å². The molecule has 0 unspecified atom stereocenters. The molecule has 1 aromatic carbocycles. The molecule has 0 spiro atoms. The Morgan fingerprint density at radius 3 is 2.82 bits per heavy atom. The number of nitriles is 1. The van der Waals surface area contributed by atoms with Gasteiger partial charge in [0, 0.05) is 6.54 Å². The minimum atomic E-state index is -0.260. The van der Waals surface area contributed by atoms with Gasteiger partial charge in [0.2, 0.25) is 0 Å². The van der Waals surface area contributed by atoms with Gasteiger partial charge in [-0.2, -0.15) is 5.26 Å². The molecule has 90 valence electrons. The summed E-state index contributed by atoms with van der Waals surface area (Å²) < 4.78 is 0. The van der Waals surface area contributed by atoms with Crippen molar-refractivity contribution in [1.82, 2.24) is 5.32 Å². The van der Waals surface area contributed by atoms with Crippen LogP contribution in [0.2, 0.25) is 0 Å². The molecule has 2 N–H and O–H groups in total. The number of benzene rings is 1. The molecular weight excluding hydrogens is 214 g/mol. The first-order valence-corrected chi connectivity index (χ1v) is 5.82. The molecule has 0 fully saturated rings. The van der Waals surface area contributed by atoms with Gasteiger partial charge in [-0.3, -0.25) is 0 Å². The Balaban J connectivity index is 2.43. The molecule has 0 atom stereocenters. The molecule has 0 saturated heterocycles. The van der Waals surface area contributed by atoms with Crippen LogP contribution in [0.5, 0.6) is 0 Å². The molecule has 0 aromatic heterocycles. The Hall–Kier alpha value is -2.02. The van der Waals surface area contributed by atoms with Crippen LogP contribution in [0, 0.1) is 11.3 Å². The fourth-order valence-corrected chi connectivity index (χ4v) is 1.43. The SMILES string of the molecule is CCCCCNC(=O)Nc1ccccc1C#N. The first kappa shape index (κ1) is 13.0. The molecule has 2 amide bonds. The summed E-state index contributed by atoms with van der Waals surface area (Å²) in [7, 11) is 0. The van der Waals surface area contributed by atoms with Crippen molar-refractivity contribution in [2.75, 3.05) is 11.9 Å². The lowest BCUT2D eigenvalue weighted by Gasteiger charge is -2.08. The van der Waals surface area contributed by atoms with E-state index < -0.39 is 0 Å². The molecule has 0 radical (unpaired) electrons. The number of para-hydroxylation sites is 1. The smallest absolute Gasteiger partial charge is 0.319 e. The van der Waals surface area contributed by atoms with Gasteiger partial charge < -0.3 is 10.6 Å². The number of hydrogen-bond acceptors (Lipinski definition) is 2. The third kappa shape index (κ3) is 4.56. The summed E-state index contributed by atoms with van der Waals surface area (Å²) in [6.45, 7) is 2.78. The number of carbonyl (C=O) groups is 1. The van der Waals surface area contributed by atoms with Gasteiger partial charge >= 0.3 is 6.03 Å². The summed E-state index contributed by atoms with van der Waals surface area (Å²) in [6, 6.07) is 8.71. The molecule has 4 nitrogen and oxygen atoms in total. The lowest BCUT2D eigenvalue weighted by atomic mass is 10.2. The maximum atomic E-state index is 11.5. The van der Waals surface area contributed by atoms with Gasteiger partial charge in [0.1, 0.15) is 6.07 Å². The topological polar surface area (TPSA) is 64.9 Å². The third-order valence-corrected chi connectivity index (χ3v) is 2.36. The van der Waals surface area contributed by atoms with Crippen LogP contribution < -0.4 is 10.6 Å². The molecule has 4 heteroatoms. The second kappa shape index (κ2) is 7.29. The van der Waals surface area contributed by atoms with Crippen LogP contribution in [0.1, 0.15) is 31.7 Å². The molecule has 0 saturated carbocycles. The number of carbonyl (C=O) groups excluding carboxylic acids is 1. The Bertz CT molecular complexity index is 409. The number of anilines is 1. The minimum absolute atomic E-state index is 0.260. The number of urea groups is 1. The minimum Gasteiger partial charge on any atom is -0.338 e. The summed E-state index contributed by atoms with van der Waals surface area (Å²) in [5.74, 6) is 0. The first-order valence-electron chi connectivity index (χ1n) is 5.82. The van der Waals surface area contributed by atoms with Gasteiger partial charge in [-0.15, -0.1) is 0 Å². The van der Waals surface area contributed by atoms with E-state index in [0.717, 1.165) is 19.3 Å². The average molecular weight is 231 g/mol. The molecule has 0 heterocycles. The molecule has 0 bridgehead atoms. The fourth-order valence-electron chi connectivity index (χ4n) is 1.43. The van der Waals surface area contributed by atoms with Crippen LogP contribution in [0.15, 0.2) is 24.3 Å². The molecule has 0 aliphatic heterocycles. The highest BCUT2D eigenvalue weighted by Crippen LogP contribution is 2.12. The molecule has 0 aliphatic rings. The lowest BCUT2D eigenvalue weighted by molar-refractivity contribution is 0.252. The van der Waals surface area contributed by atoms with Crippen LogP contribution in [0.4, 0.5) is 10.5 Å². The lowest BCUT2D eigenvalue weighted by Crippen LogP contribution is -2.29. The zero-order valence-corrected chi connectivity index (χ0v) is 9.99. The largest absolute Gasteiger partial charge is 0.338 e. The molecule has 17 heavy (non-hydrogen) atoms. The van der Waals surface area contributed by atoms with E-state index in [1.807, 2.05) is 6.07 Å². The van der Waals surface area contributed by atoms with E-state index in [1.165, 1.54) is 0 Å². The van der Waals surface area contributed by atoms with Crippen molar-refractivity contribution in [3.05, 3.63) is 29.8 Å². The second-order valence-electron chi connectivity index (χ2n) is 3.75. The zero-order valence-electron chi connectivity index (χ0n) is 9.99. The summed E-state index contributed by atoms with van der Waals surface area (Å²) >= 11 is 0. The van der Waals surface area contributed by atoms with E-state index in [-0.39, 0.29) is 6.03 Å². The highest BCUT2D eigenvalue weighted by Gasteiger charge is 2.04. The van der Waals surface area contributed by atoms with E-state index in [2.05, 4.69) is 17.6 Å².